The summed E-state index contributed by atoms with van der Waals surface area (Å²) < 4.78 is 13.3. The Morgan fingerprint density at radius 2 is 0.980 bits per heavy atom. The Morgan fingerprint density at radius 3 is 1.71 bits per heavy atom. The third-order valence-corrected chi connectivity index (χ3v) is 10.6. The van der Waals surface area contributed by atoms with E-state index in [1.54, 1.807) is 0 Å². The van der Waals surface area contributed by atoms with Crippen molar-refractivity contribution < 1.29 is 9.15 Å². The molecule has 1 spiro atoms. The normalized spacial score (nSPS) is 13.4. The van der Waals surface area contributed by atoms with Gasteiger partial charge in [-0.15, -0.1) is 0 Å². The summed E-state index contributed by atoms with van der Waals surface area (Å²) in [5.74, 6) is 2.36. The Bertz CT molecular complexity index is 2730. The summed E-state index contributed by atoms with van der Waals surface area (Å²) in [5, 5.41) is 2.07. The number of furan rings is 1. The lowest BCUT2D eigenvalue weighted by molar-refractivity contribution is 0.436. The van der Waals surface area contributed by atoms with Crippen LogP contribution in [0.1, 0.15) is 22.3 Å². The van der Waals surface area contributed by atoms with Crippen molar-refractivity contribution in [1.29, 1.82) is 0 Å². The molecule has 0 saturated heterocycles. The molecule has 2 aliphatic rings. The van der Waals surface area contributed by atoms with Gasteiger partial charge in [-0.1, -0.05) is 127 Å². The van der Waals surface area contributed by atoms with Crippen LogP contribution in [0.3, 0.4) is 0 Å². The van der Waals surface area contributed by atoms with Crippen molar-refractivity contribution in [2.45, 2.75) is 5.41 Å². The van der Waals surface area contributed by atoms with Crippen LogP contribution >= 0.6 is 0 Å². The molecule has 0 fully saturated rings. The molecule has 0 amide bonds. The molecule has 1 aliphatic carbocycles. The number of para-hydroxylation sites is 1. The van der Waals surface area contributed by atoms with Gasteiger partial charge in [-0.05, 0) is 58.7 Å². The molecule has 0 atom stereocenters. The number of fused-ring (bicyclic) bond motifs is 12. The van der Waals surface area contributed by atoms with E-state index in [0.29, 0.717) is 5.82 Å². The van der Waals surface area contributed by atoms with E-state index in [-0.39, 0.29) is 0 Å². The molecule has 0 unspecified atom stereocenters. The monoisotopic (exact) mass is 652 g/mol. The van der Waals surface area contributed by atoms with Crippen LogP contribution in [0.25, 0.3) is 67.0 Å². The van der Waals surface area contributed by atoms with Gasteiger partial charge >= 0.3 is 0 Å². The van der Waals surface area contributed by atoms with E-state index in [1.807, 2.05) is 42.5 Å². The van der Waals surface area contributed by atoms with Crippen LogP contribution in [0.4, 0.5) is 0 Å². The fraction of sp³-hybridized carbons (Fsp3) is 0.0213. The molecule has 0 radical (unpaired) electrons. The van der Waals surface area contributed by atoms with E-state index >= 15 is 0 Å². The topological polar surface area (TPSA) is 48.2 Å². The van der Waals surface area contributed by atoms with Gasteiger partial charge in [0, 0.05) is 44.7 Å². The van der Waals surface area contributed by atoms with Crippen molar-refractivity contribution in [3.63, 3.8) is 0 Å². The lowest BCUT2D eigenvalue weighted by Gasteiger charge is -2.39. The predicted octanol–water partition coefficient (Wildman–Crippen LogP) is 11.8. The van der Waals surface area contributed by atoms with Crippen molar-refractivity contribution in [3.05, 3.63) is 192 Å². The fourth-order valence-corrected chi connectivity index (χ4v) is 8.35. The summed E-state index contributed by atoms with van der Waals surface area (Å²) in [4.78, 5) is 10.1. The number of rotatable bonds is 3. The van der Waals surface area contributed by atoms with Crippen LogP contribution < -0.4 is 4.74 Å². The molecular weight excluding hydrogens is 625 g/mol. The Morgan fingerprint density at radius 1 is 0.392 bits per heavy atom. The van der Waals surface area contributed by atoms with Gasteiger partial charge in [0.05, 0.1) is 16.8 Å². The van der Waals surface area contributed by atoms with Crippen molar-refractivity contribution in [2.75, 3.05) is 0 Å². The second-order valence-electron chi connectivity index (χ2n) is 13.3. The molecule has 2 aromatic heterocycles. The van der Waals surface area contributed by atoms with Gasteiger partial charge in [0.15, 0.2) is 5.82 Å². The summed E-state index contributed by atoms with van der Waals surface area (Å²) in [6.45, 7) is 0. The quantitative estimate of drug-likeness (QED) is 0.191. The second-order valence-corrected chi connectivity index (χ2v) is 13.3. The zero-order valence-electron chi connectivity index (χ0n) is 27.4. The molecule has 1 aliphatic heterocycles. The minimum absolute atomic E-state index is 0.547. The SMILES string of the molecule is c1ccc(-c2cc(-c3ccc4oc5cc6c(cc5c4c3)C3(c4ccccc4O6)c4ccccc4-c4ccccc43)nc(-c3ccccc3)n2)cc1. The molecule has 7 aromatic carbocycles. The van der Waals surface area contributed by atoms with E-state index in [1.165, 1.54) is 22.3 Å². The third-order valence-electron chi connectivity index (χ3n) is 10.6. The highest BCUT2D eigenvalue weighted by atomic mass is 16.5. The molecular formula is C47H28N2O2. The maximum atomic E-state index is 6.72. The van der Waals surface area contributed by atoms with Gasteiger partial charge in [0.1, 0.15) is 22.7 Å². The van der Waals surface area contributed by atoms with E-state index in [2.05, 4.69) is 127 Å². The molecule has 3 heterocycles. The van der Waals surface area contributed by atoms with Gasteiger partial charge in [0.25, 0.3) is 0 Å². The average Bonchev–Trinajstić information content (AvgIpc) is 3.70. The highest BCUT2D eigenvalue weighted by Crippen LogP contribution is 2.62. The summed E-state index contributed by atoms with van der Waals surface area (Å²) in [6.07, 6.45) is 0. The molecule has 0 bridgehead atoms. The minimum Gasteiger partial charge on any atom is -0.457 e. The van der Waals surface area contributed by atoms with Crippen molar-refractivity contribution in [2.24, 2.45) is 0 Å². The molecule has 11 rings (SSSR count). The molecule has 238 valence electrons. The predicted molar refractivity (Wildman–Crippen MR) is 203 cm³/mol. The van der Waals surface area contributed by atoms with Crippen LogP contribution in [0.5, 0.6) is 11.5 Å². The Hall–Kier alpha value is -6.78. The van der Waals surface area contributed by atoms with Crippen LogP contribution in [0.2, 0.25) is 0 Å². The van der Waals surface area contributed by atoms with Gasteiger partial charge in [0.2, 0.25) is 0 Å². The Balaban J connectivity index is 1.16. The molecule has 4 heteroatoms. The number of hydrogen-bond acceptors (Lipinski definition) is 4. The summed E-state index contributed by atoms with van der Waals surface area (Å²) in [6, 6.07) is 59.3. The number of ether oxygens (including phenoxy) is 1. The number of nitrogens with zero attached hydrogens (tertiary/aromatic N) is 2. The molecule has 0 saturated carbocycles. The van der Waals surface area contributed by atoms with E-state index in [9.17, 15) is 0 Å². The standard InChI is InChI=1S/C47H28N2O2/c1-3-13-29(14-4-1)40-27-41(49-46(48-40)30-15-5-2-6-16-30)31-23-24-42-34(25-31)35-26-39-45(28-44(35)50-42)51-43-22-12-11-21-38(43)47(39)36-19-9-7-17-32(36)33-18-8-10-20-37(33)47/h1-28H. The zero-order valence-corrected chi connectivity index (χ0v) is 27.4. The van der Waals surface area contributed by atoms with E-state index in [4.69, 9.17) is 19.1 Å². The van der Waals surface area contributed by atoms with Gasteiger partial charge < -0.3 is 9.15 Å². The summed E-state index contributed by atoms with van der Waals surface area (Å²) in [7, 11) is 0. The third kappa shape index (κ3) is 4.02. The molecule has 9 aromatic rings. The van der Waals surface area contributed by atoms with Crippen LogP contribution in [-0.4, -0.2) is 9.97 Å². The first-order valence-corrected chi connectivity index (χ1v) is 17.2. The van der Waals surface area contributed by atoms with Crippen LogP contribution in [-0.2, 0) is 5.41 Å². The van der Waals surface area contributed by atoms with E-state index in [0.717, 1.165) is 72.6 Å². The van der Waals surface area contributed by atoms with Gasteiger partial charge in [-0.25, -0.2) is 9.97 Å². The summed E-state index contributed by atoms with van der Waals surface area (Å²) >= 11 is 0. The number of hydrogen-bond donors (Lipinski definition) is 0. The lowest BCUT2D eigenvalue weighted by Crippen LogP contribution is -2.32. The van der Waals surface area contributed by atoms with E-state index < -0.39 is 5.41 Å². The average molecular weight is 653 g/mol. The first kappa shape index (κ1) is 28.1. The van der Waals surface area contributed by atoms with Crippen molar-refractivity contribution >= 4 is 21.9 Å². The molecule has 0 N–H and O–H groups in total. The maximum absolute atomic E-state index is 6.72. The maximum Gasteiger partial charge on any atom is 0.160 e. The summed E-state index contributed by atoms with van der Waals surface area (Å²) in [5.41, 5.74) is 13.1. The van der Waals surface area contributed by atoms with Crippen LogP contribution in [0, 0.1) is 0 Å². The molecule has 51 heavy (non-hydrogen) atoms. The van der Waals surface area contributed by atoms with Crippen molar-refractivity contribution in [3.8, 4) is 56.5 Å². The van der Waals surface area contributed by atoms with Gasteiger partial charge in [-0.2, -0.15) is 0 Å². The zero-order chi connectivity index (χ0) is 33.5. The Labute approximate surface area is 294 Å². The first-order chi connectivity index (χ1) is 25.3. The second kappa shape index (κ2) is 10.6. The number of benzene rings is 7. The highest BCUT2D eigenvalue weighted by Gasteiger charge is 2.51. The lowest BCUT2D eigenvalue weighted by atomic mass is 9.66. The minimum atomic E-state index is -0.547. The fourth-order valence-electron chi connectivity index (χ4n) is 8.35. The van der Waals surface area contributed by atoms with Crippen molar-refractivity contribution in [1.82, 2.24) is 9.97 Å². The van der Waals surface area contributed by atoms with Gasteiger partial charge in [-0.3, -0.25) is 0 Å². The highest BCUT2D eigenvalue weighted by molar-refractivity contribution is 6.08. The first-order valence-electron chi connectivity index (χ1n) is 17.2. The number of aromatic nitrogens is 2. The Kier molecular flexibility index (Phi) is 5.84. The van der Waals surface area contributed by atoms with Crippen LogP contribution in [0.15, 0.2) is 174 Å². The molecule has 4 nitrogen and oxygen atoms in total. The largest absolute Gasteiger partial charge is 0.457 e. The smallest absolute Gasteiger partial charge is 0.160 e.